The van der Waals surface area contributed by atoms with Gasteiger partial charge in [0, 0.05) is 19.0 Å². The standard InChI is InChI=1S/C15H21F3N6/c1-2-5-24-13(20-10-21-24)9-23-6-3-4-11(8-23)14-19-7-12(22-14)15(16,17)18/h7,10-11H,2-6,8-9H2,1H3,(H,19,22)/t11-/m0/s1. The summed E-state index contributed by atoms with van der Waals surface area (Å²) in [6.45, 7) is 5.13. The highest BCUT2D eigenvalue weighted by Gasteiger charge is 2.34. The van der Waals surface area contributed by atoms with E-state index in [0.717, 1.165) is 44.4 Å². The second kappa shape index (κ2) is 6.92. The van der Waals surface area contributed by atoms with E-state index in [-0.39, 0.29) is 5.92 Å². The number of imidazole rings is 1. The van der Waals surface area contributed by atoms with Crippen LogP contribution in [0, 0.1) is 0 Å². The fourth-order valence-corrected chi connectivity index (χ4v) is 3.12. The van der Waals surface area contributed by atoms with Gasteiger partial charge in [-0.15, -0.1) is 0 Å². The molecule has 0 bridgehead atoms. The zero-order valence-corrected chi connectivity index (χ0v) is 13.6. The van der Waals surface area contributed by atoms with E-state index in [4.69, 9.17) is 0 Å². The number of likely N-dealkylation sites (tertiary alicyclic amines) is 1. The van der Waals surface area contributed by atoms with Crippen molar-refractivity contribution in [2.75, 3.05) is 13.1 Å². The lowest BCUT2D eigenvalue weighted by Gasteiger charge is -2.31. The summed E-state index contributed by atoms with van der Waals surface area (Å²) in [5.41, 5.74) is -0.780. The Balaban J connectivity index is 1.66. The maximum atomic E-state index is 12.7. The van der Waals surface area contributed by atoms with Crippen LogP contribution in [0.5, 0.6) is 0 Å². The van der Waals surface area contributed by atoms with Crippen molar-refractivity contribution < 1.29 is 13.2 Å². The molecular weight excluding hydrogens is 321 g/mol. The third kappa shape index (κ3) is 3.77. The molecule has 0 aromatic carbocycles. The molecule has 0 spiro atoms. The van der Waals surface area contributed by atoms with E-state index < -0.39 is 11.9 Å². The third-order valence-corrected chi connectivity index (χ3v) is 4.29. The predicted molar refractivity (Wildman–Crippen MR) is 81.2 cm³/mol. The van der Waals surface area contributed by atoms with Crippen LogP contribution in [0.2, 0.25) is 0 Å². The molecule has 132 valence electrons. The second-order valence-corrected chi connectivity index (χ2v) is 6.15. The van der Waals surface area contributed by atoms with Crippen LogP contribution in [0.25, 0.3) is 0 Å². The molecule has 1 aliphatic heterocycles. The fourth-order valence-electron chi connectivity index (χ4n) is 3.12. The van der Waals surface area contributed by atoms with Crippen molar-refractivity contribution in [2.24, 2.45) is 0 Å². The lowest BCUT2D eigenvalue weighted by atomic mass is 9.97. The van der Waals surface area contributed by atoms with E-state index in [1.807, 2.05) is 4.68 Å². The first kappa shape index (κ1) is 16.9. The number of hydrogen-bond acceptors (Lipinski definition) is 4. The molecule has 1 atom stereocenters. The van der Waals surface area contributed by atoms with E-state index in [2.05, 4.69) is 31.9 Å². The Morgan fingerprint density at radius 1 is 1.33 bits per heavy atom. The van der Waals surface area contributed by atoms with Gasteiger partial charge in [0.15, 0.2) is 0 Å². The van der Waals surface area contributed by atoms with Crippen LogP contribution < -0.4 is 0 Å². The first-order valence-corrected chi connectivity index (χ1v) is 8.18. The minimum Gasteiger partial charge on any atom is -0.338 e. The molecule has 1 aliphatic rings. The van der Waals surface area contributed by atoms with E-state index in [0.29, 0.717) is 18.9 Å². The van der Waals surface area contributed by atoms with Crippen molar-refractivity contribution in [1.82, 2.24) is 29.6 Å². The van der Waals surface area contributed by atoms with Gasteiger partial charge in [0.2, 0.25) is 0 Å². The van der Waals surface area contributed by atoms with Crippen LogP contribution in [-0.2, 0) is 19.3 Å². The molecule has 2 aromatic heterocycles. The number of piperidine rings is 1. The molecule has 1 saturated heterocycles. The van der Waals surface area contributed by atoms with Gasteiger partial charge in [-0.2, -0.15) is 18.3 Å². The summed E-state index contributed by atoms with van der Waals surface area (Å²) in [7, 11) is 0. The van der Waals surface area contributed by atoms with Gasteiger partial charge in [0.1, 0.15) is 23.7 Å². The molecule has 3 rings (SSSR count). The van der Waals surface area contributed by atoms with Crippen molar-refractivity contribution in [1.29, 1.82) is 0 Å². The lowest BCUT2D eigenvalue weighted by Crippen LogP contribution is -2.35. The van der Waals surface area contributed by atoms with Gasteiger partial charge >= 0.3 is 6.18 Å². The molecule has 6 nitrogen and oxygen atoms in total. The molecule has 0 radical (unpaired) electrons. The maximum absolute atomic E-state index is 12.7. The number of aromatic nitrogens is 5. The van der Waals surface area contributed by atoms with Gasteiger partial charge < -0.3 is 4.98 Å². The summed E-state index contributed by atoms with van der Waals surface area (Å²) in [6, 6.07) is 0. The summed E-state index contributed by atoms with van der Waals surface area (Å²) in [4.78, 5) is 12.9. The van der Waals surface area contributed by atoms with Gasteiger partial charge in [-0.05, 0) is 25.8 Å². The summed E-state index contributed by atoms with van der Waals surface area (Å²) < 4.78 is 40.0. The Bertz CT molecular complexity index is 662. The van der Waals surface area contributed by atoms with Crippen molar-refractivity contribution >= 4 is 0 Å². The fraction of sp³-hybridized carbons (Fsp3) is 0.667. The van der Waals surface area contributed by atoms with Crippen molar-refractivity contribution in [2.45, 2.75) is 51.4 Å². The molecule has 0 aliphatic carbocycles. The molecule has 0 saturated carbocycles. The van der Waals surface area contributed by atoms with Gasteiger partial charge in [0.05, 0.1) is 12.7 Å². The minimum absolute atomic E-state index is 0.0163. The molecule has 0 amide bonds. The molecular formula is C15H21F3N6. The van der Waals surface area contributed by atoms with Crippen LogP contribution in [0.15, 0.2) is 12.5 Å². The van der Waals surface area contributed by atoms with Crippen molar-refractivity contribution in [3.63, 3.8) is 0 Å². The molecule has 1 fully saturated rings. The summed E-state index contributed by atoms with van der Waals surface area (Å²) in [5.74, 6) is 1.30. The highest BCUT2D eigenvalue weighted by molar-refractivity contribution is 5.09. The SMILES string of the molecule is CCCn1ncnc1CN1CCC[C@H](c2ncc(C(F)(F)F)[nH]2)C1. The van der Waals surface area contributed by atoms with Crippen molar-refractivity contribution in [3.05, 3.63) is 29.9 Å². The largest absolute Gasteiger partial charge is 0.432 e. The van der Waals surface area contributed by atoms with Crippen LogP contribution in [-0.4, -0.2) is 42.7 Å². The molecule has 1 N–H and O–H groups in total. The Kier molecular flexibility index (Phi) is 4.88. The number of rotatable bonds is 5. The number of alkyl halides is 3. The lowest BCUT2D eigenvalue weighted by molar-refractivity contribution is -0.141. The zero-order valence-electron chi connectivity index (χ0n) is 13.6. The Hall–Kier alpha value is -1.90. The minimum atomic E-state index is -4.38. The number of halogens is 3. The average molecular weight is 342 g/mol. The predicted octanol–water partition coefficient (Wildman–Crippen LogP) is 2.81. The Morgan fingerprint density at radius 3 is 2.88 bits per heavy atom. The van der Waals surface area contributed by atoms with Gasteiger partial charge in [-0.1, -0.05) is 6.92 Å². The molecule has 9 heteroatoms. The third-order valence-electron chi connectivity index (χ3n) is 4.29. The summed E-state index contributed by atoms with van der Waals surface area (Å²) in [5, 5.41) is 4.21. The summed E-state index contributed by atoms with van der Waals surface area (Å²) in [6.07, 6.45) is 0.792. The monoisotopic (exact) mass is 342 g/mol. The molecule has 3 heterocycles. The van der Waals surface area contributed by atoms with E-state index in [1.165, 1.54) is 0 Å². The molecule has 0 unspecified atom stereocenters. The Morgan fingerprint density at radius 2 is 2.17 bits per heavy atom. The molecule has 24 heavy (non-hydrogen) atoms. The quantitative estimate of drug-likeness (QED) is 0.908. The number of aryl methyl sites for hydroxylation is 1. The highest BCUT2D eigenvalue weighted by atomic mass is 19.4. The van der Waals surface area contributed by atoms with Gasteiger partial charge in [0.25, 0.3) is 0 Å². The number of nitrogens with one attached hydrogen (secondary N) is 1. The second-order valence-electron chi connectivity index (χ2n) is 6.15. The van der Waals surface area contributed by atoms with Crippen LogP contribution >= 0.6 is 0 Å². The number of H-pyrrole nitrogens is 1. The number of hydrogen-bond donors (Lipinski definition) is 1. The zero-order chi connectivity index (χ0) is 17.2. The first-order valence-electron chi connectivity index (χ1n) is 8.18. The van der Waals surface area contributed by atoms with Gasteiger partial charge in [-0.25, -0.2) is 14.6 Å². The van der Waals surface area contributed by atoms with Gasteiger partial charge in [-0.3, -0.25) is 4.90 Å². The van der Waals surface area contributed by atoms with Crippen LogP contribution in [0.1, 0.15) is 49.4 Å². The summed E-state index contributed by atoms with van der Waals surface area (Å²) >= 11 is 0. The normalized spacial score (nSPS) is 19.8. The average Bonchev–Trinajstić information content (AvgIpc) is 3.18. The topological polar surface area (TPSA) is 62.6 Å². The maximum Gasteiger partial charge on any atom is 0.432 e. The smallest absolute Gasteiger partial charge is 0.338 e. The van der Waals surface area contributed by atoms with Crippen LogP contribution in [0.4, 0.5) is 13.2 Å². The van der Waals surface area contributed by atoms with Crippen molar-refractivity contribution in [3.8, 4) is 0 Å². The Labute approximate surface area is 138 Å². The van der Waals surface area contributed by atoms with E-state index >= 15 is 0 Å². The number of nitrogens with zero attached hydrogens (tertiary/aromatic N) is 5. The van der Waals surface area contributed by atoms with Crippen LogP contribution in [0.3, 0.4) is 0 Å². The first-order chi connectivity index (χ1) is 11.5. The number of aromatic amines is 1. The highest BCUT2D eigenvalue weighted by Crippen LogP contribution is 2.31. The van der Waals surface area contributed by atoms with E-state index in [1.54, 1.807) is 6.33 Å². The van der Waals surface area contributed by atoms with E-state index in [9.17, 15) is 13.2 Å². The molecule has 2 aromatic rings.